The number of aromatic carboxylic acids is 1. The fourth-order valence-electron chi connectivity index (χ4n) is 2.41. The van der Waals surface area contributed by atoms with Crippen molar-refractivity contribution in [3.63, 3.8) is 0 Å². The highest BCUT2D eigenvalue weighted by molar-refractivity contribution is 5.87. The zero-order valence-electron chi connectivity index (χ0n) is 11.9. The van der Waals surface area contributed by atoms with Gasteiger partial charge in [0.2, 0.25) is 0 Å². The van der Waals surface area contributed by atoms with Crippen molar-refractivity contribution in [2.24, 2.45) is 0 Å². The van der Waals surface area contributed by atoms with Crippen molar-refractivity contribution >= 4 is 17.0 Å². The van der Waals surface area contributed by atoms with Gasteiger partial charge in [-0.1, -0.05) is 0 Å². The second kappa shape index (κ2) is 5.76. The van der Waals surface area contributed by atoms with E-state index in [1.54, 1.807) is 0 Å². The average Bonchev–Trinajstić information content (AvgIpc) is 2.85. The number of rotatable bonds is 3. The van der Waals surface area contributed by atoms with E-state index in [0.29, 0.717) is 4.68 Å². The molecule has 0 aromatic carbocycles. The third kappa shape index (κ3) is 2.37. The van der Waals surface area contributed by atoms with E-state index in [1.807, 2.05) is 0 Å². The lowest BCUT2D eigenvalue weighted by atomic mass is 10.1. The molecule has 0 saturated carbocycles. The van der Waals surface area contributed by atoms with E-state index in [0.717, 1.165) is 6.20 Å². The van der Waals surface area contributed by atoms with Gasteiger partial charge in [-0.3, -0.25) is 14.7 Å². The van der Waals surface area contributed by atoms with Crippen LogP contribution in [0.3, 0.4) is 0 Å². The normalized spacial score (nSPS) is 26.8. The summed E-state index contributed by atoms with van der Waals surface area (Å²) >= 11 is 0. The molecule has 128 valence electrons. The predicted octanol–water partition coefficient (Wildman–Crippen LogP) is -3.21. The number of hydrogen-bond acceptors (Lipinski definition) is 9. The first-order valence-corrected chi connectivity index (χ1v) is 6.72. The van der Waals surface area contributed by atoms with Crippen LogP contribution in [0.1, 0.15) is 16.7 Å². The quantitative estimate of drug-likeness (QED) is 0.380. The van der Waals surface area contributed by atoms with Crippen LogP contribution in [0.4, 0.5) is 0 Å². The van der Waals surface area contributed by atoms with E-state index in [1.165, 1.54) is 0 Å². The molecule has 0 aliphatic carbocycles. The maximum absolute atomic E-state index is 12.5. The number of H-pyrrole nitrogens is 1. The number of carboxylic acid groups (broad SMARTS) is 1. The Morgan fingerprint density at radius 3 is 2.58 bits per heavy atom. The Morgan fingerprint density at radius 1 is 1.29 bits per heavy atom. The van der Waals surface area contributed by atoms with Gasteiger partial charge in [0, 0.05) is 0 Å². The van der Waals surface area contributed by atoms with Crippen LogP contribution in [0.2, 0.25) is 0 Å². The minimum Gasteiger partial charge on any atom is -0.476 e. The van der Waals surface area contributed by atoms with Gasteiger partial charge in [-0.15, -0.1) is 0 Å². The maximum atomic E-state index is 12.5. The maximum Gasteiger partial charge on any atom is 0.356 e. The lowest BCUT2D eigenvalue weighted by Gasteiger charge is -2.17. The first kappa shape index (κ1) is 16.2. The Labute approximate surface area is 131 Å². The average molecular weight is 340 g/mol. The summed E-state index contributed by atoms with van der Waals surface area (Å²) in [6, 6.07) is 0. The Balaban J connectivity index is 2.20. The van der Waals surface area contributed by atoms with Crippen molar-refractivity contribution in [2.45, 2.75) is 24.5 Å². The van der Waals surface area contributed by atoms with E-state index in [-0.39, 0.29) is 5.52 Å². The van der Waals surface area contributed by atoms with Gasteiger partial charge in [0.15, 0.2) is 23.0 Å². The number of aromatic nitrogens is 4. The standard InChI is InChI=1S/C12H12N4O8/c17-2-4-7(18)8(19)11(24-4)16-10(21)6-5(9(20)15-16)13-1-3(14-6)12(22)23/h1,4,7-8,11,17-19H,2H2,(H,15,20)(H,22,23)/t4-,7-,8-,11-/m1/s1. The van der Waals surface area contributed by atoms with Crippen molar-refractivity contribution < 1.29 is 30.0 Å². The minimum atomic E-state index is -1.61. The molecule has 5 N–H and O–H groups in total. The third-order valence-corrected chi connectivity index (χ3v) is 3.62. The van der Waals surface area contributed by atoms with Crippen LogP contribution in [0.25, 0.3) is 11.0 Å². The number of hydrogen-bond donors (Lipinski definition) is 5. The molecule has 0 unspecified atom stereocenters. The molecule has 0 radical (unpaired) electrons. The van der Waals surface area contributed by atoms with Crippen molar-refractivity contribution in [1.29, 1.82) is 0 Å². The SMILES string of the molecule is O=C(O)c1cnc2c(=O)[nH]n([C@@H]3O[C@H](CO)[C@@H](O)[C@H]3O)c(=O)c2n1. The van der Waals surface area contributed by atoms with Gasteiger partial charge in [0.25, 0.3) is 11.1 Å². The van der Waals surface area contributed by atoms with Crippen molar-refractivity contribution in [1.82, 2.24) is 19.7 Å². The molecule has 12 nitrogen and oxygen atoms in total. The van der Waals surface area contributed by atoms with E-state index < -0.39 is 59.4 Å². The van der Waals surface area contributed by atoms with Crippen LogP contribution in [-0.4, -0.2) is 71.1 Å². The van der Waals surface area contributed by atoms with Crippen LogP contribution in [0.15, 0.2) is 15.8 Å². The van der Waals surface area contributed by atoms with Crippen LogP contribution in [0, 0.1) is 0 Å². The van der Waals surface area contributed by atoms with Gasteiger partial charge in [0.05, 0.1) is 12.8 Å². The lowest BCUT2D eigenvalue weighted by Crippen LogP contribution is -2.39. The summed E-state index contributed by atoms with van der Waals surface area (Å²) in [6.45, 7) is -0.621. The largest absolute Gasteiger partial charge is 0.476 e. The molecule has 0 spiro atoms. The molecule has 2 aromatic rings. The second-order valence-electron chi connectivity index (χ2n) is 5.10. The van der Waals surface area contributed by atoms with Gasteiger partial charge in [-0.25, -0.2) is 19.4 Å². The molecule has 3 heterocycles. The molecule has 24 heavy (non-hydrogen) atoms. The number of aliphatic hydroxyl groups excluding tert-OH is 3. The molecular formula is C12H12N4O8. The molecule has 2 aromatic heterocycles. The Kier molecular flexibility index (Phi) is 3.88. The van der Waals surface area contributed by atoms with E-state index in [2.05, 4.69) is 15.1 Å². The van der Waals surface area contributed by atoms with Crippen molar-refractivity contribution in [3.05, 3.63) is 32.6 Å². The van der Waals surface area contributed by atoms with Crippen LogP contribution in [-0.2, 0) is 4.74 Å². The monoisotopic (exact) mass is 340 g/mol. The zero-order chi connectivity index (χ0) is 17.6. The number of nitrogens with zero attached hydrogens (tertiary/aromatic N) is 3. The van der Waals surface area contributed by atoms with Gasteiger partial charge in [-0.2, -0.15) is 0 Å². The first-order valence-electron chi connectivity index (χ1n) is 6.72. The number of carboxylic acids is 1. The summed E-state index contributed by atoms with van der Waals surface area (Å²) in [6.07, 6.45) is -4.91. The van der Waals surface area contributed by atoms with Crippen LogP contribution in [0.5, 0.6) is 0 Å². The van der Waals surface area contributed by atoms with Crippen molar-refractivity contribution in [2.75, 3.05) is 6.61 Å². The van der Waals surface area contributed by atoms with Gasteiger partial charge in [0.1, 0.15) is 18.3 Å². The van der Waals surface area contributed by atoms with E-state index in [9.17, 15) is 24.6 Å². The highest BCUT2D eigenvalue weighted by Gasteiger charge is 2.44. The number of aromatic amines is 1. The molecule has 3 rings (SSSR count). The second-order valence-corrected chi connectivity index (χ2v) is 5.10. The fourth-order valence-corrected chi connectivity index (χ4v) is 2.41. The molecule has 0 bridgehead atoms. The van der Waals surface area contributed by atoms with E-state index >= 15 is 0 Å². The van der Waals surface area contributed by atoms with E-state index in [4.69, 9.17) is 14.9 Å². The molecular weight excluding hydrogens is 328 g/mol. The summed E-state index contributed by atoms with van der Waals surface area (Å²) in [5.74, 6) is -1.44. The Bertz CT molecular complexity index is 921. The van der Waals surface area contributed by atoms with Gasteiger partial charge < -0.3 is 25.2 Å². The smallest absolute Gasteiger partial charge is 0.356 e. The summed E-state index contributed by atoms with van der Waals surface area (Å²) < 4.78 is 5.74. The number of fused-ring (bicyclic) bond motifs is 1. The third-order valence-electron chi connectivity index (χ3n) is 3.62. The molecule has 1 aliphatic rings. The number of nitrogens with one attached hydrogen (secondary N) is 1. The summed E-state index contributed by atoms with van der Waals surface area (Å²) in [4.78, 5) is 42.6. The first-order chi connectivity index (χ1) is 11.3. The van der Waals surface area contributed by atoms with Gasteiger partial charge in [-0.05, 0) is 0 Å². The Morgan fingerprint density at radius 2 is 2.00 bits per heavy atom. The predicted molar refractivity (Wildman–Crippen MR) is 74.4 cm³/mol. The Hall–Kier alpha value is -2.67. The number of ether oxygens (including phenoxy) is 1. The number of aliphatic hydroxyl groups is 3. The summed E-state index contributed by atoms with van der Waals surface area (Å²) in [7, 11) is 0. The molecule has 0 amide bonds. The highest BCUT2D eigenvalue weighted by Crippen LogP contribution is 2.27. The van der Waals surface area contributed by atoms with Crippen molar-refractivity contribution in [3.8, 4) is 0 Å². The minimum absolute atomic E-state index is 0.381. The topological polar surface area (TPSA) is 188 Å². The molecule has 1 fully saturated rings. The fraction of sp³-hybridized carbons (Fsp3) is 0.417. The zero-order valence-corrected chi connectivity index (χ0v) is 11.9. The molecule has 4 atom stereocenters. The van der Waals surface area contributed by atoms with Crippen LogP contribution >= 0.6 is 0 Å². The number of carbonyl (C=O) groups is 1. The molecule has 1 aliphatic heterocycles. The van der Waals surface area contributed by atoms with Gasteiger partial charge >= 0.3 is 5.97 Å². The summed E-state index contributed by atoms with van der Waals surface area (Å²) in [5.41, 5.74) is -3.30. The lowest BCUT2D eigenvalue weighted by molar-refractivity contribution is -0.0610. The molecule has 1 saturated heterocycles. The summed E-state index contributed by atoms with van der Waals surface area (Å²) in [5, 5.41) is 39.8. The highest BCUT2D eigenvalue weighted by atomic mass is 16.6. The molecule has 12 heteroatoms. The van der Waals surface area contributed by atoms with Crippen LogP contribution < -0.4 is 11.1 Å².